The number of hydrogen-bond acceptors (Lipinski definition) is 6. The molecule has 2 saturated heterocycles. The zero-order chi connectivity index (χ0) is 25.4. The highest BCUT2D eigenvalue weighted by Gasteiger charge is 2.70. The highest BCUT2D eigenvalue weighted by atomic mass is 32.2. The van der Waals surface area contributed by atoms with Crippen LogP contribution in [-0.2, 0) is 19.1 Å². The minimum absolute atomic E-state index is 0.0805. The second-order valence-corrected chi connectivity index (χ2v) is 11.7. The van der Waals surface area contributed by atoms with Gasteiger partial charge in [0.15, 0.2) is 0 Å². The van der Waals surface area contributed by atoms with E-state index in [1.807, 2.05) is 50.3 Å². The number of hydrogen-bond donors (Lipinski definition) is 1. The number of likely N-dealkylation sites (tertiary alicyclic amines) is 1. The van der Waals surface area contributed by atoms with E-state index in [-0.39, 0.29) is 36.2 Å². The first-order valence-corrected chi connectivity index (χ1v) is 13.8. The minimum Gasteiger partial charge on any atom is -0.465 e. The van der Waals surface area contributed by atoms with Crippen LogP contribution in [0.25, 0.3) is 0 Å². The second-order valence-electron chi connectivity index (χ2n) is 10.2. The molecule has 1 spiro atoms. The van der Waals surface area contributed by atoms with Gasteiger partial charge in [0.05, 0.1) is 23.2 Å². The summed E-state index contributed by atoms with van der Waals surface area (Å²) in [5, 5.41) is 9.31. The smallest absolute Gasteiger partial charge is 0.311 e. The zero-order valence-corrected chi connectivity index (χ0v) is 21.7. The van der Waals surface area contributed by atoms with E-state index < -0.39 is 22.6 Å². The molecule has 1 N–H and O–H groups in total. The van der Waals surface area contributed by atoms with Crippen molar-refractivity contribution < 1.29 is 24.2 Å². The maximum absolute atomic E-state index is 14.4. The van der Waals surface area contributed by atoms with Gasteiger partial charge in [-0.3, -0.25) is 14.4 Å². The van der Waals surface area contributed by atoms with E-state index in [2.05, 4.69) is 6.08 Å². The molecular weight excluding hydrogens is 476 g/mol. The number of carbonyl (C=O) groups excluding carboxylic acids is 3. The third-order valence-corrected chi connectivity index (χ3v) is 9.56. The Labute approximate surface area is 216 Å². The van der Waals surface area contributed by atoms with Crippen molar-refractivity contribution in [3.63, 3.8) is 0 Å². The number of ether oxygens (including phenoxy) is 1. The van der Waals surface area contributed by atoms with E-state index in [1.165, 1.54) is 0 Å². The third kappa shape index (κ3) is 4.08. The van der Waals surface area contributed by atoms with E-state index in [1.54, 1.807) is 21.6 Å². The number of nitrogens with zero attached hydrogens (tertiary/aromatic N) is 2. The number of allylic oxidation sites excluding steroid dienone is 1. The van der Waals surface area contributed by atoms with Crippen molar-refractivity contribution in [1.29, 1.82) is 0 Å². The second kappa shape index (κ2) is 10.1. The molecule has 0 aromatic heterocycles. The quantitative estimate of drug-likeness (QED) is 0.495. The number of amides is 2. The summed E-state index contributed by atoms with van der Waals surface area (Å²) in [6, 6.07) is 5.28. The zero-order valence-electron chi connectivity index (χ0n) is 20.9. The molecule has 4 aliphatic heterocycles. The van der Waals surface area contributed by atoms with Crippen molar-refractivity contribution in [3.05, 3.63) is 53.6 Å². The molecule has 4 aliphatic rings. The number of aliphatic hydroxyl groups is 1. The highest BCUT2D eigenvalue weighted by Crippen LogP contribution is 2.60. The lowest BCUT2D eigenvalue weighted by Crippen LogP contribution is -2.53. The number of cyclic esters (lactones) is 1. The lowest BCUT2D eigenvalue weighted by Gasteiger charge is -2.35. The molecule has 5 rings (SSSR count). The number of aryl methyl sites for hydroxylation is 2. The monoisotopic (exact) mass is 510 g/mol. The molecule has 5 atom stereocenters. The lowest BCUT2D eigenvalue weighted by molar-refractivity contribution is -0.153. The van der Waals surface area contributed by atoms with Crippen LogP contribution in [0.1, 0.15) is 36.8 Å². The molecule has 7 nitrogen and oxygen atoms in total. The van der Waals surface area contributed by atoms with Crippen LogP contribution in [0.4, 0.5) is 5.69 Å². The maximum Gasteiger partial charge on any atom is 0.311 e. The number of anilines is 1. The molecule has 36 heavy (non-hydrogen) atoms. The van der Waals surface area contributed by atoms with Gasteiger partial charge in [-0.05, 0) is 56.7 Å². The van der Waals surface area contributed by atoms with Crippen LogP contribution in [0.15, 0.2) is 42.5 Å². The van der Waals surface area contributed by atoms with E-state index in [9.17, 15) is 19.5 Å². The predicted molar refractivity (Wildman–Crippen MR) is 140 cm³/mol. The molecule has 4 heterocycles. The fourth-order valence-electron chi connectivity index (χ4n) is 6.12. The Balaban J connectivity index is 1.61. The molecule has 0 saturated carbocycles. The molecule has 0 bridgehead atoms. The van der Waals surface area contributed by atoms with Crippen molar-refractivity contribution in [3.8, 4) is 0 Å². The van der Waals surface area contributed by atoms with Crippen LogP contribution in [0.3, 0.4) is 0 Å². The Hall–Kier alpha value is -2.58. The van der Waals surface area contributed by atoms with E-state index in [4.69, 9.17) is 4.74 Å². The van der Waals surface area contributed by atoms with Gasteiger partial charge < -0.3 is 19.6 Å². The van der Waals surface area contributed by atoms with Crippen LogP contribution < -0.4 is 4.90 Å². The van der Waals surface area contributed by atoms with E-state index in [0.717, 1.165) is 36.1 Å². The fraction of sp³-hybridized carbons (Fsp3) is 0.536. The number of fused-ring (bicyclic) bond motifs is 2. The summed E-state index contributed by atoms with van der Waals surface area (Å²) in [6.45, 7) is 4.91. The van der Waals surface area contributed by atoms with Gasteiger partial charge in [-0.15, -0.1) is 11.8 Å². The standard InChI is InChI=1S/C28H34N2O5S/c1-18-10-11-19(2)20(17-18)29-13-7-12-28-23(25(32)30(14-8-15-31)24(28)26(29)33)22-21(36-28)9-5-3-4-6-16-35-27(22)34/h5,7,9-12,17,21-24,31H,3-4,6,8,13-16H2,1-2H3/b9-5-/t21-,22+,23+,24?,28+/m1/s1. The Bertz CT molecular complexity index is 1120. The van der Waals surface area contributed by atoms with Crippen LogP contribution in [-0.4, -0.2) is 70.1 Å². The summed E-state index contributed by atoms with van der Waals surface area (Å²) < 4.78 is 4.77. The summed E-state index contributed by atoms with van der Waals surface area (Å²) >= 11 is 1.55. The van der Waals surface area contributed by atoms with E-state index >= 15 is 0 Å². The Kier molecular flexibility index (Phi) is 7.01. The van der Waals surface area contributed by atoms with Crippen molar-refractivity contribution in [2.75, 3.05) is 31.2 Å². The normalized spacial score (nSPS) is 33.0. The third-order valence-electron chi connectivity index (χ3n) is 7.81. The van der Waals surface area contributed by atoms with Crippen LogP contribution in [0, 0.1) is 25.7 Å². The fourth-order valence-corrected chi connectivity index (χ4v) is 8.13. The lowest BCUT2D eigenvalue weighted by atomic mass is 9.78. The van der Waals surface area contributed by atoms with Crippen molar-refractivity contribution in [2.45, 2.75) is 55.6 Å². The average Bonchev–Trinajstić information content (AvgIpc) is 3.24. The molecule has 0 radical (unpaired) electrons. The van der Waals surface area contributed by atoms with Gasteiger partial charge in [-0.25, -0.2) is 0 Å². The first-order valence-electron chi connectivity index (χ1n) is 12.9. The molecular formula is C28H34N2O5S. The van der Waals surface area contributed by atoms with Gasteiger partial charge in [0.1, 0.15) is 6.04 Å². The molecule has 2 amide bonds. The minimum atomic E-state index is -0.872. The van der Waals surface area contributed by atoms with Gasteiger partial charge in [0.2, 0.25) is 5.91 Å². The number of esters is 1. The Morgan fingerprint density at radius 2 is 1.97 bits per heavy atom. The topological polar surface area (TPSA) is 87.2 Å². The number of rotatable bonds is 4. The van der Waals surface area contributed by atoms with Crippen LogP contribution in [0.2, 0.25) is 0 Å². The summed E-state index contributed by atoms with van der Waals surface area (Å²) in [4.78, 5) is 45.1. The van der Waals surface area contributed by atoms with E-state index in [0.29, 0.717) is 19.6 Å². The maximum atomic E-state index is 14.4. The van der Waals surface area contributed by atoms with Gasteiger partial charge in [0.25, 0.3) is 5.91 Å². The van der Waals surface area contributed by atoms with Crippen LogP contribution >= 0.6 is 11.8 Å². The van der Waals surface area contributed by atoms with Crippen LogP contribution in [0.5, 0.6) is 0 Å². The van der Waals surface area contributed by atoms with Crippen molar-refractivity contribution in [1.82, 2.24) is 4.90 Å². The highest BCUT2D eigenvalue weighted by molar-refractivity contribution is 8.02. The molecule has 1 unspecified atom stereocenters. The first-order chi connectivity index (χ1) is 17.4. The first kappa shape index (κ1) is 25.1. The summed E-state index contributed by atoms with van der Waals surface area (Å²) in [6.07, 6.45) is 11.1. The molecule has 2 fully saturated rings. The summed E-state index contributed by atoms with van der Waals surface area (Å²) in [5.41, 5.74) is 2.87. The van der Waals surface area contributed by atoms with Gasteiger partial charge in [0, 0.05) is 30.6 Å². The van der Waals surface area contributed by atoms with Gasteiger partial charge in [-0.1, -0.05) is 36.4 Å². The Morgan fingerprint density at radius 1 is 1.14 bits per heavy atom. The number of carbonyl (C=O) groups is 3. The predicted octanol–water partition coefficient (Wildman–Crippen LogP) is 3.17. The Morgan fingerprint density at radius 3 is 2.78 bits per heavy atom. The van der Waals surface area contributed by atoms with Gasteiger partial charge >= 0.3 is 5.97 Å². The molecule has 0 aliphatic carbocycles. The SMILES string of the molecule is Cc1ccc(C)c(N2CC=C[C@]34S[C@@H]5/C=C\CCCCOC(=O)[C@@H]5[C@H]3C(=O)N(CCCO)C4C2=O)c1. The molecule has 192 valence electrons. The molecule has 1 aromatic carbocycles. The molecule has 8 heteroatoms. The number of thioether (sulfide) groups is 1. The molecule has 1 aromatic rings. The van der Waals surface area contributed by atoms with Crippen molar-refractivity contribution >= 4 is 35.2 Å². The summed E-state index contributed by atoms with van der Waals surface area (Å²) in [5.74, 6) is -2.03. The number of benzene rings is 1. The van der Waals surface area contributed by atoms with Crippen molar-refractivity contribution in [2.24, 2.45) is 11.8 Å². The number of aliphatic hydroxyl groups excluding tert-OH is 1. The largest absolute Gasteiger partial charge is 0.465 e. The van der Waals surface area contributed by atoms with Gasteiger partial charge in [-0.2, -0.15) is 0 Å². The summed E-state index contributed by atoms with van der Waals surface area (Å²) in [7, 11) is 0. The average molecular weight is 511 g/mol.